The summed E-state index contributed by atoms with van der Waals surface area (Å²) in [6.07, 6.45) is 0.532. The molecule has 0 bridgehead atoms. The molecule has 0 aliphatic carbocycles. The van der Waals surface area contributed by atoms with Gasteiger partial charge in [-0.05, 0) is 25.3 Å². The minimum atomic E-state index is -1.56. The second-order valence-corrected chi connectivity index (χ2v) is 4.11. The molecule has 1 N–H and O–H groups in total. The molecule has 1 heterocycles. The first-order chi connectivity index (χ1) is 8.11. The molecule has 1 saturated heterocycles. The summed E-state index contributed by atoms with van der Waals surface area (Å²) < 4.78 is 44.5. The Balaban J connectivity index is 2.24. The molecule has 2 unspecified atom stereocenters. The maximum atomic E-state index is 13.4. The Hall–Kier alpha value is -1.07. The molecule has 1 aromatic rings. The predicted octanol–water partition coefficient (Wildman–Crippen LogP) is 2.71. The summed E-state index contributed by atoms with van der Waals surface area (Å²) in [5, 5.41) is 9.89. The Bertz CT molecular complexity index is 403. The number of hydrogen-bond acceptors (Lipinski definition) is 2. The van der Waals surface area contributed by atoms with Gasteiger partial charge in [-0.25, -0.2) is 13.2 Å². The van der Waals surface area contributed by atoms with E-state index < -0.39 is 29.7 Å². The van der Waals surface area contributed by atoms with Gasteiger partial charge in [0.15, 0.2) is 17.5 Å². The summed E-state index contributed by atoms with van der Waals surface area (Å²) in [5.41, 5.74) is -0.254. The molecule has 5 heteroatoms. The van der Waals surface area contributed by atoms with E-state index in [0.29, 0.717) is 13.0 Å². The van der Waals surface area contributed by atoms with E-state index in [1.54, 1.807) is 0 Å². The van der Waals surface area contributed by atoms with Crippen molar-refractivity contribution in [3.63, 3.8) is 0 Å². The van der Waals surface area contributed by atoms with Crippen molar-refractivity contribution in [1.82, 2.24) is 0 Å². The molecular formula is C12H13F3O2. The van der Waals surface area contributed by atoms with Gasteiger partial charge in [0.25, 0.3) is 0 Å². The number of halogens is 3. The van der Waals surface area contributed by atoms with Crippen molar-refractivity contribution in [3.8, 4) is 0 Å². The Labute approximate surface area is 97.0 Å². The van der Waals surface area contributed by atoms with Crippen LogP contribution in [0.3, 0.4) is 0 Å². The Kier molecular flexibility index (Phi) is 3.69. The van der Waals surface area contributed by atoms with Crippen LogP contribution in [-0.2, 0) is 4.74 Å². The molecule has 1 aromatic carbocycles. The molecular weight excluding hydrogens is 233 g/mol. The number of hydrogen-bond donors (Lipinski definition) is 1. The van der Waals surface area contributed by atoms with Gasteiger partial charge in [-0.1, -0.05) is 6.07 Å². The molecule has 0 radical (unpaired) electrons. The highest BCUT2D eigenvalue weighted by Crippen LogP contribution is 2.29. The standard InChI is InChI=1S/C12H13F3O2/c13-8-5-4-7(10(14)11(8)15)12(16)9-3-1-2-6-17-9/h4-5,9,12,16H,1-3,6H2. The zero-order valence-corrected chi connectivity index (χ0v) is 9.13. The maximum Gasteiger partial charge on any atom is 0.194 e. The van der Waals surface area contributed by atoms with E-state index in [-0.39, 0.29) is 5.56 Å². The van der Waals surface area contributed by atoms with Crippen molar-refractivity contribution in [2.75, 3.05) is 6.61 Å². The normalized spacial score (nSPS) is 22.5. The maximum absolute atomic E-state index is 13.4. The zero-order chi connectivity index (χ0) is 12.4. The lowest BCUT2D eigenvalue weighted by Crippen LogP contribution is -2.27. The molecule has 0 spiro atoms. The van der Waals surface area contributed by atoms with Crippen LogP contribution in [0.2, 0.25) is 0 Å². The number of aliphatic hydroxyl groups is 1. The highest BCUT2D eigenvalue weighted by Gasteiger charge is 2.28. The third-order valence-corrected chi connectivity index (χ3v) is 2.95. The zero-order valence-electron chi connectivity index (χ0n) is 9.13. The average Bonchev–Trinajstić information content (AvgIpc) is 2.36. The van der Waals surface area contributed by atoms with Gasteiger partial charge >= 0.3 is 0 Å². The van der Waals surface area contributed by atoms with Crippen LogP contribution in [0.1, 0.15) is 30.9 Å². The summed E-state index contributed by atoms with van der Waals surface area (Å²) >= 11 is 0. The lowest BCUT2D eigenvalue weighted by Gasteiger charge is -2.27. The van der Waals surface area contributed by atoms with E-state index in [4.69, 9.17) is 4.74 Å². The quantitative estimate of drug-likeness (QED) is 0.813. The fraction of sp³-hybridized carbons (Fsp3) is 0.500. The number of aliphatic hydroxyl groups excluding tert-OH is 1. The summed E-state index contributed by atoms with van der Waals surface area (Å²) in [6, 6.07) is 1.86. The van der Waals surface area contributed by atoms with E-state index >= 15 is 0 Å². The molecule has 94 valence electrons. The highest BCUT2D eigenvalue weighted by molar-refractivity contribution is 5.23. The first-order valence-electron chi connectivity index (χ1n) is 5.54. The predicted molar refractivity (Wildman–Crippen MR) is 54.9 cm³/mol. The first-order valence-corrected chi connectivity index (χ1v) is 5.54. The van der Waals surface area contributed by atoms with Crippen molar-refractivity contribution in [1.29, 1.82) is 0 Å². The fourth-order valence-electron chi connectivity index (χ4n) is 1.98. The van der Waals surface area contributed by atoms with Crippen molar-refractivity contribution in [2.24, 2.45) is 0 Å². The molecule has 1 aliphatic heterocycles. The summed E-state index contributed by atoms with van der Waals surface area (Å²) in [5.74, 6) is -4.16. The monoisotopic (exact) mass is 246 g/mol. The van der Waals surface area contributed by atoms with Crippen LogP contribution in [0.4, 0.5) is 13.2 Å². The summed E-state index contributed by atoms with van der Waals surface area (Å²) in [7, 11) is 0. The van der Waals surface area contributed by atoms with Crippen LogP contribution in [0, 0.1) is 17.5 Å². The van der Waals surface area contributed by atoms with Gasteiger partial charge in [-0.2, -0.15) is 0 Å². The van der Waals surface area contributed by atoms with Crippen LogP contribution in [0.5, 0.6) is 0 Å². The minimum Gasteiger partial charge on any atom is -0.386 e. The largest absolute Gasteiger partial charge is 0.386 e. The second kappa shape index (κ2) is 5.06. The first kappa shape index (κ1) is 12.4. The smallest absolute Gasteiger partial charge is 0.194 e. The molecule has 17 heavy (non-hydrogen) atoms. The SMILES string of the molecule is OC(c1ccc(F)c(F)c1F)C1CCCCO1. The molecule has 2 atom stereocenters. The third kappa shape index (κ3) is 2.45. The van der Waals surface area contributed by atoms with Crippen LogP contribution in [0.15, 0.2) is 12.1 Å². The van der Waals surface area contributed by atoms with Crippen LogP contribution >= 0.6 is 0 Å². The Morgan fingerprint density at radius 1 is 1.18 bits per heavy atom. The Morgan fingerprint density at radius 2 is 1.94 bits per heavy atom. The number of ether oxygens (including phenoxy) is 1. The fourth-order valence-corrected chi connectivity index (χ4v) is 1.98. The van der Waals surface area contributed by atoms with Crippen molar-refractivity contribution in [3.05, 3.63) is 35.1 Å². The van der Waals surface area contributed by atoms with Crippen LogP contribution in [-0.4, -0.2) is 17.8 Å². The third-order valence-electron chi connectivity index (χ3n) is 2.95. The molecule has 0 aromatic heterocycles. The van der Waals surface area contributed by atoms with Gasteiger partial charge in [-0.3, -0.25) is 0 Å². The summed E-state index contributed by atoms with van der Waals surface area (Å²) in [6.45, 7) is 0.493. The van der Waals surface area contributed by atoms with Gasteiger partial charge in [0.2, 0.25) is 0 Å². The topological polar surface area (TPSA) is 29.5 Å². The minimum absolute atomic E-state index is 0.254. The Morgan fingerprint density at radius 3 is 2.59 bits per heavy atom. The average molecular weight is 246 g/mol. The van der Waals surface area contributed by atoms with E-state index in [1.807, 2.05) is 0 Å². The highest BCUT2D eigenvalue weighted by atomic mass is 19.2. The molecule has 2 nitrogen and oxygen atoms in total. The van der Waals surface area contributed by atoms with E-state index in [0.717, 1.165) is 25.0 Å². The van der Waals surface area contributed by atoms with Crippen molar-refractivity contribution in [2.45, 2.75) is 31.5 Å². The molecule has 0 saturated carbocycles. The van der Waals surface area contributed by atoms with Gasteiger partial charge in [0, 0.05) is 12.2 Å². The van der Waals surface area contributed by atoms with Crippen molar-refractivity contribution < 1.29 is 23.0 Å². The second-order valence-electron chi connectivity index (χ2n) is 4.11. The summed E-state index contributed by atoms with van der Waals surface area (Å²) in [4.78, 5) is 0. The van der Waals surface area contributed by atoms with Crippen LogP contribution < -0.4 is 0 Å². The van der Waals surface area contributed by atoms with Gasteiger partial charge in [0.1, 0.15) is 6.10 Å². The molecule has 1 fully saturated rings. The van der Waals surface area contributed by atoms with Crippen molar-refractivity contribution >= 4 is 0 Å². The molecule has 0 amide bonds. The van der Waals surface area contributed by atoms with Crippen LogP contribution in [0.25, 0.3) is 0 Å². The molecule has 1 aliphatic rings. The lowest BCUT2D eigenvalue weighted by atomic mass is 9.97. The molecule has 2 rings (SSSR count). The van der Waals surface area contributed by atoms with Gasteiger partial charge < -0.3 is 9.84 Å². The van der Waals surface area contributed by atoms with Gasteiger partial charge in [-0.15, -0.1) is 0 Å². The van der Waals surface area contributed by atoms with Gasteiger partial charge in [0.05, 0.1) is 6.10 Å². The van der Waals surface area contributed by atoms with E-state index in [1.165, 1.54) is 0 Å². The van der Waals surface area contributed by atoms with E-state index in [2.05, 4.69) is 0 Å². The number of rotatable bonds is 2. The van der Waals surface area contributed by atoms with E-state index in [9.17, 15) is 18.3 Å². The lowest BCUT2D eigenvalue weighted by molar-refractivity contribution is -0.0646. The number of benzene rings is 1.